The van der Waals surface area contributed by atoms with E-state index in [-0.39, 0.29) is 6.04 Å². The van der Waals surface area contributed by atoms with Crippen molar-refractivity contribution in [1.82, 2.24) is 4.31 Å². The van der Waals surface area contributed by atoms with E-state index in [1.807, 2.05) is 5.38 Å². The fourth-order valence-corrected chi connectivity index (χ4v) is 5.89. The van der Waals surface area contributed by atoms with Gasteiger partial charge in [-0.2, -0.15) is 4.31 Å². The summed E-state index contributed by atoms with van der Waals surface area (Å²) in [4.78, 5) is 0. The number of hydrogen-bond acceptors (Lipinski definition) is 3. The highest BCUT2D eigenvalue weighted by atomic mass is 32.2. The average Bonchev–Trinajstić information content (AvgIpc) is 3.10. The minimum absolute atomic E-state index is 0.0318. The molecule has 0 bridgehead atoms. The van der Waals surface area contributed by atoms with Gasteiger partial charge < -0.3 is 0 Å². The first kappa shape index (κ1) is 14.8. The Hall–Kier alpha value is -1.17. The lowest BCUT2D eigenvalue weighted by Gasteiger charge is -2.24. The number of hydrogen-bond donors (Lipinski definition) is 0. The van der Waals surface area contributed by atoms with Gasteiger partial charge in [-0.1, -0.05) is 35.4 Å². The summed E-state index contributed by atoms with van der Waals surface area (Å²) in [7, 11) is -3.37. The van der Waals surface area contributed by atoms with E-state index >= 15 is 0 Å². The van der Waals surface area contributed by atoms with Gasteiger partial charge in [0.2, 0.25) is 0 Å². The molecule has 0 amide bonds. The lowest BCUT2D eigenvalue weighted by Crippen LogP contribution is -2.30. The van der Waals surface area contributed by atoms with E-state index in [0.29, 0.717) is 10.8 Å². The zero-order valence-corrected chi connectivity index (χ0v) is 13.9. The Balaban J connectivity index is 2.00. The molecule has 0 aliphatic carbocycles. The predicted molar refractivity (Wildman–Crippen MR) is 86.1 cm³/mol. The van der Waals surface area contributed by atoms with Crippen LogP contribution in [0.15, 0.2) is 39.9 Å². The van der Waals surface area contributed by atoms with Gasteiger partial charge in [-0.05, 0) is 43.7 Å². The molecule has 0 spiro atoms. The summed E-state index contributed by atoms with van der Waals surface area (Å²) in [5, 5.41) is 1.81. The van der Waals surface area contributed by atoms with Gasteiger partial charge in [-0.3, -0.25) is 0 Å². The van der Waals surface area contributed by atoms with Crippen LogP contribution in [-0.4, -0.2) is 19.3 Å². The topological polar surface area (TPSA) is 37.4 Å². The fraction of sp³-hybridized carbons (Fsp3) is 0.375. The predicted octanol–water partition coefficient (Wildman–Crippen LogP) is 3.89. The Kier molecular flexibility index (Phi) is 3.90. The second kappa shape index (κ2) is 5.55. The van der Waals surface area contributed by atoms with E-state index in [0.717, 1.165) is 18.4 Å². The highest BCUT2D eigenvalue weighted by Crippen LogP contribution is 2.38. The van der Waals surface area contributed by atoms with E-state index in [2.05, 4.69) is 32.0 Å². The van der Waals surface area contributed by atoms with Crippen LogP contribution < -0.4 is 0 Å². The number of nitrogens with zero attached hydrogens (tertiary/aromatic N) is 1. The molecule has 1 aliphatic rings. The number of benzene rings is 1. The first-order valence-electron chi connectivity index (χ1n) is 7.12. The van der Waals surface area contributed by atoms with Gasteiger partial charge in [-0.25, -0.2) is 8.42 Å². The maximum atomic E-state index is 12.8. The van der Waals surface area contributed by atoms with Crippen molar-refractivity contribution in [3.8, 4) is 0 Å². The van der Waals surface area contributed by atoms with Gasteiger partial charge in [0, 0.05) is 6.54 Å². The smallest absolute Gasteiger partial charge is 0.206 e. The van der Waals surface area contributed by atoms with Gasteiger partial charge in [-0.15, -0.1) is 11.3 Å². The van der Waals surface area contributed by atoms with E-state index in [9.17, 15) is 8.42 Å². The maximum absolute atomic E-state index is 12.8. The quantitative estimate of drug-likeness (QED) is 0.860. The largest absolute Gasteiger partial charge is 0.253 e. The molecule has 112 valence electrons. The molecule has 3 nitrogen and oxygen atoms in total. The third kappa shape index (κ3) is 2.78. The van der Waals surface area contributed by atoms with Crippen LogP contribution >= 0.6 is 11.3 Å². The summed E-state index contributed by atoms with van der Waals surface area (Å²) in [5.41, 5.74) is 3.49. The van der Waals surface area contributed by atoms with Crippen molar-refractivity contribution in [1.29, 1.82) is 0 Å². The molecule has 0 radical (unpaired) electrons. The van der Waals surface area contributed by atoms with Crippen LogP contribution in [0.2, 0.25) is 0 Å². The Bertz CT molecular complexity index is 715. The molecule has 21 heavy (non-hydrogen) atoms. The van der Waals surface area contributed by atoms with Crippen LogP contribution in [0.4, 0.5) is 0 Å². The van der Waals surface area contributed by atoms with Crippen LogP contribution in [0, 0.1) is 13.8 Å². The monoisotopic (exact) mass is 321 g/mol. The highest BCUT2D eigenvalue weighted by molar-refractivity contribution is 7.91. The maximum Gasteiger partial charge on any atom is 0.253 e. The standard InChI is InChI=1S/C16H19NO2S2/c1-12-9-13(2)11-14(10-12)15-5-3-7-17(15)21(18,19)16-6-4-8-20-16/h4,6,8-11,15H,3,5,7H2,1-2H3. The molecule has 1 aliphatic heterocycles. The molecule has 2 heterocycles. The van der Waals surface area contributed by atoms with E-state index in [4.69, 9.17) is 0 Å². The van der Waals surface area contributed by atoms with Crippen molar-refractivity contribution in [2.45, 2.75) is 36.9 Å². The van der Waals surface area contributed by atoms with Crippen molar-refractivity contribution in [3.05, 3.63) is 52.4 Å². The summed E-state index contributed by atoms with van der Waals surface area (Å²) < 4.78 is 27.7. The Morgan fingerprint density at radius 2 is 1.90 bits per heavy atom. The third-order valence-electron chi connectivity index (χ3n) is 3.89. The minimum atomic E-state index is -3.37. The lowest BCUT2D eigenvalue weighted by atomic mass is 10.0. The van der Waals surface area contributed by atoms with Gasteiger partial charge in [0.05, 0.1) is 6.04 Å². The van der Waals surface area contributed by atoms with Crippen molar-refractivity contribution < 1.29 is 8.42 Å². The number of sulfonamides is 1. The Morgan fingerprint density at radius 1 is 1.19 bits per heavy atom. The molecule has 1 fully saturated rings. The molecule has 0 saturated carbocycles. The summed E-state index contributed by atoms with van der Waals surface area (Å²) in [6.07, 6.45) is 1.82. The minimum Gasteiger partial charge on any atom is -0.206 e. The number of aryl methyl sites for hydroxylation is 2. The second-order valence-corrected chi connectivity index (χ2v) is 8.69. The lowest BCUT2D eigenvalue weighted by molar-refractivity contribution is 0.397. The van der Waals surface area contributed by atoms with Gasteiger partial charge in [0.15, 0.2) is 0 Å². The molecular formula is C16H19NO2S2. The first-order chi connectivity index (χ1) is 9.98. The van der Waals surface area contributed by atoms with Crippen molar-refractivity contribution in [2.24, 2.45) is 0 Å². The third-order valence-corrected chi connectivity index (χ3v) is 7.17. The van der Waals surface area contributed by atoms with Crippen LogP contribution in [0.3, 0.4) is 0 Å². The normalized spacial score (nSPS) is 20.0. The second-order valence-electron chi connectivity index (χ2n) is 5.63. The molecule has 2 aromatic rings. The highest BCUT2D eigenvalue weighted by Gasteiger charge is 2.36. The Labute approximate surface area is 130 Å². The van der Waals surface area contributed by atoms with Crippen LogP contribution in [0.5, 0.6) is 0 Å². The van der Waals surface area contributed by atoms with Crippen molar-refractivity contribution >= 4 is 21.4 Å². The summed E-state index contributed by atoms with van der Waals surface area (Å²) >= 11 is 1.29. The van der Waals surface area contributed by atoms with Crippen LogP contribution in [0.1, 0.15) is 35.6 Å². The zero-order valence-electron chi connectivity index (χ0n) is 12.2. The molecule has 3 rings (SSSR count). The molecule has 1 aromatic carbocycles. The molecule has 0 N–H and O–H groups in total. The SMILES string of the molecule is Cc1cc(C)cc(C2CCCN2S(=O)(=O)c2cccs2)c1. The van der Waals surface area contributed by atoms with Gasteiger partial charge >= 0.3 is 0 Å². The van der Waals surface area contributed by atoms with Gasteiger partial charge in [0.1, 0.15) is 4.21 Å². The molecule has 5 heteroatoms. The first-order valence-corrected chi connectivity index (χ1v) is 9.44. The molecular weight excluding hydrogens is 302 g/mol. The number of thiophene rings is 1. The fourth-order valence-electron chi connectivity index (χ4n) is 3.09. The molecule has 1 unspecified atom stereocenters. The van der Waals surface area contributed by atoms with Crippen molar-refractivity contribution in [2.75, 3.05) is 6.54 Å². The molecule has 1 aromatic heterocycles. The summed E-state index contributed by atoms with van der Waals surface area (Å²) in [5.74, 6) is 0. The van der Waals surface area contributed by atoms with Crippen molar-refractivity contribution in [3.63, 3.8) is 0 Å². The van der Waals surface area contributed by atoms with E-state index in [1.54, 1.807) is 16.4 Å². The Morgan fingerprint density at radius 3 is 2.52 bits per heavy atom. The van der Waals surface area contributed by atoms with Gasteiger partial charge in [0.25, 0.3) is 10.0 Å². The summed E-state index contributed by atoms with van der Waals surface area (Å²) in [6, 6.07) is 9.79. The van der Waals surface area contributed by atoms with Crippen LogP contribution in [0.25, 0.3) is 0 Å². The average molecular weight is 321 g/mol. The molecule has 1 atom stereocenters. The van der Waals surface area contributed by atoms with Crippen LogP contribution in [-0.2, 0) is 10.0 Å². The zero-order chi connectivity index (χ0) is 15.0. The molecule has 1 saturated heterocycles. The van der Waals surface area contributed by atoms with E-state index < -0.39 is 10.0 Å². The number of rotatable bonds is 3. The summed E-state index contributed by atoms with van der Waals surface area (Å²) in [6.45, 7) is 4.73. The van der Waals surface area contributed by atoms with E-state index in [1.165, 1.54) is 22.5 Å².